The molecule has 4 N–H and O–H groups in total. The third kappa shape index (κ3) is 4.01. The molecule has 0 fully saturated rings. The second kappa shape index (κ2) is 8.34. The molecular weight excluding hydrogens is 402 g/mol. The van der Waals surface area contributed by atoms with E-state index in [1.54, 1.807) is 6.20 Å². The normalized spacial score (nSPS) is 11.3. The Morgan fingerprint density at radius 3 is 2.50 bits per heavy atom. The molecule has 0 saturated heterocycles. The van der Waals surface area contributed by atoms with Crippen LogP contribution < -0.4 is 16.6 Å². The molecule has 0 aliphatic rings. The van der Waals surface area contributed by atoms with Crippen LogP contribution in [0.2, 0.25) is 0 Å². The number of carbonyl (C=O) groups is 1. The fourth-order valence-corrected chi connectivity index (χ4v) is 3.95. The van der Waals surface area contributed by atoms with Crippen molar-refractivity contribution in [1.29, 1.82) is 0 Å². The first kappa shape index (κ1) is 21.4. The summed E-state index contributed by atoms with van der Waals surface area (Å²) in [6.45, 7) is 7.95. The van der Waals surface area contributed by atoms with Crippen molar-refractivity contribution in [3.8, 4) is 11.1 Å². The van der Waals surface area contributed by atoms with Gasteiger partial charge in [0.2, 0.25) is 0 Å². The predicted molar refractivity (Wildman–Crippen MR) is 128 cm³/mol. The van der Waals surface area contributed by atoms with Gasteiger partial charge in [-0.15, -0.1) is 0 Å². The summed E-state index contributed by atoms with van der Waals surface area (Å²) in [4.78, 5) is 28.4. The number of hydrogen-bond acceptors (Lipinski definition) is 4. The van der Waals surface area contributed by atoms with Crippen molar-refractivity contribution in [3.63, 3.8) is 0 Å². The number of nitrogen functional groups attached to an aromatic ring is 1. The van der Waals surface area contributed by atoms with Gasteiger partial charge >= 0.3 is 0 Å². The molecule has 0 unspecified atom stereocenters. The maximum atomic E-state index is 13.3. The summed E-state index contributed by atoms with van der Waals surface area (Å²) in [5, 5.41) is 8.19. The molecule has 0 aliphatic heterocycles. The van der Waals surface area contributed by atoms with Crippen molar-refractivity contribution in [3.05, 3.63) is 81.4 Å². The van der Waals surface area contributed by atoms with Crippen LogP contribution >= 0.6 is 0 Å². The van der Waals surface area contributed by atoms with Crippen molar-refractivity contribution >= 4 is 22.5 Å². The van der Waals surface area contributed by atoms with Crippen LogP contribution in [0.15, 0.2) is 53.5 Å². The van der Waals surface area contributed by atoms with Crippen LogP contribution in [0.4, 0.5) is 5.69 Å². The van der Waals surface area contributed by atoms with Gasteiger partial charge in [-0.3, -0.25) is 14.3 Å². The van der Waals surface area contributed by atoms with Gasteiger partial charge in [0.15, 0.2) is 0 Å². The van der Waals surface area contributed by atoms with Gasteiger partial charge in [0.25, 0.3) is 11.5 Å². The molecule has 7 nitrogen and oxygen atoms in total. The SMILES string of the molecule is Cc1cc(C)c(CNC(=O)c2cc(-c3ccc(N)cc3)cc3c2cnn3C(C)C)c(=O)[nH]1. The van der Waals surface area contributed by atoms with E-state index in [0.29, 0.717) is 16.8 Å². The molecule has 32 heavy (non-hydrogen) atoms. The van der Waals surface area contributed by atoms with E-state index in [9.17, 15) is 9.59 Å². The van der Waals surface area contributed by atoms with E-state index >= 15 is 0 Å². The maximum absolute atomic E-state index is 13.3. The van der Waals surface area contributed by atoms with Crippen LogP contribution in [-0.2, 0) is 6.54 Å². The molecule has 0 atom stereocenters. The number of nitrogens with zero attached hydrogens (tertiary/aromatic N) is 2. The lowest BCUT2D eigenvalue weighted by Gasteiger charge is -2.13. The summed E-state index contributed by atoms with van der Waals surface area (Å²) in [5.41, 5.74) is 11.8. The van der Waals surface area contributed by atoms with Gasteiger partial charge in [0.05, 0.1) is 17.3 Å². The van der Waals surface area contributed by atoms with Crippen molar-refractivity contribution in [2.24, 2.45) is 0 Å². The van der Waals surface area contributed by atoms with E-state index in [2.05, 4.69) is 29.2 Å². The standard InChI is InChI=1S/C25H27N5O2/c1-14(2)30-23-11-18(17-5-7-19(26)8-6-17)10-20(22(23)13-28-30)24(31)27-12-21-15(3)9-16(4)29-25(21)32/h5-11,13-14H,12,26H2,1-4H3,(H,27,31)(H,29,32). The summed E-state index contributed by atoms with van der Waals surface area (Å²) in [7, 11) is 0. The number of hydrogen-bond donors (Lipinski definition) is 3. The van der Waals surface area contributed by atoms with Gasteiger partial charge in [-0.1, -0.05) is 12.1 Å². The number of H-pyrrole nitrogens is 1. The minimum atomic E-state index is -0.255. The van der Waals surface area contributed by atoms with E-state index in [4.69, 9.17) is 5.73 Å². The fraction of sp³-hybridized carbons (Fsp3) is 0.240. The topological polar surface area (TPSA) is 106 Å². The zero-order chi connectivity index (χ0) is 23.0. The van der Waals surface area contributed by atoms with Crippen LogP contribution in [0.25, 0.3) is 22.0 Å². The molecule has 4 aromatic rings. The number of pyridine rings is 1. The highest BCUT2D eigenvalue weighted by atomic mass is 16.1. The van der Waals surface area contributed by atoms with Crippen molar-refractivity contribution < 1.29 is 4.79 Å². The molecule has 2 aromatic heterocycles. The van der Waals surface area contributed by atoms with Gasteiger partial charge in [-0.2, -0.15) is 5.10 Å². The van der Waals surface area contributed by atoms with Crippen LogP contribution in [-0.4, -0.2) is 20.7 Å². The van der Waals surface area contributed by atoms with Crippen LogP contribution in [0.3, 0.4) is 0 Å². The number of nitrogens with one attached hydrogen (secondary N) is 2. The van der Waals surface area contributed by atoms with Gasteiger partial charge < -0.3 is 16.0 Å². The number of rotatable bonds is 5. The second-order valence-electron chi connectivity index (χ2n) is 8.39. The lowest BCUT2D eigenvalue weighted by Crippen LogP contribution is -2.28. The molecule has 164 valence electrons. The van der Waals surface area contributed by atoms with E-state index in [1.165, 1.54) is 0 Å². The third-order valence-electron chi connectivity index (χ3n) is 5.61. The van der Waals surface area contributed by atoms with Crippen LogP contribution in [0, 0.1) is 13.8 Å². The average molecular weight is 430 g/mol. The minimum Gasteiger partial charge on any atom is -0.399 e. The highest BCUT2D eigenvalue weighted by Crippen LogP contribution is 2.30. The van der Waals surface area contributed by atoms with Crippen molar-refractivity contribution in [1.82, 2.24) is 20.1 Å². The predicted octanol–water partition coefficient (Wildman–Crippen LogP) is 4.10. The quantitative estimate of drug-likeness (QED) is 0.415. The number of aromatic nitrogens is 3. The molecule has 0 aliphatic carbocycles. The van der Waals surface area contributed by atoms with Crippen LogP contribution in [0.5, 0.6) is 0 Å². The average Bonchev–Trinajstić information content (AvgIpc) is 3.17. The summed E-state index contributed by atoms with van der Waals surface area (Å²) in [5.74, 6) is -0.255. The van der Waals surface area contributed by atoms with E-state index in [1.807, 2.05) is 61.0 Å². The lowest BCUT2D eigenvalue weighted by atomic mass is 9.99. The van der Waals surface area contributed by atoms with Gasteiger partial charge in [-0.25, -0.2) is 0 Å². The maximum Gasteiger partial charge on any atom is 0.253 e. The molecule has 0 radical (unpaired) electrons. The smallest absolute Gasteiger partial charge is 0.253 e. The van der Waals surface area contributed by atoms with Gasteiger partial charge in [0, 0.05) is 34.9 Å². The largest absolute Gasteiger partial charge is 0.399 e. The molecule has 4 rings (SSSR count). The number of aryl methyl sites for hydroxylation is 2. The van der Waals surface area contributed by atoms with Crippen molar-refractivity contribution in [2.45, 2.75) is 40.3 Å². The zero-order valence-electron chi connectivity index (χ0n) is 18.7. The zero-order valence-corrected chi connectivity index (χ0v) is 18.7. The number of fused-ring (bicyclic) bond motifs is 1. The Kier molecular flexibility index (Phi) is 5.57. The Morgan fingerprint density at radius 2 is 1.84 bits per heavy atom. The highest BCUT2D eigenvalue weighted by molar-refractivity contribution is 6.08. The van der Waals surface area contributed by atoms with Gasteiger partial charge in [0.1, 0.15) is 0 Å². The minimum absolute atomic E-state index is 0.138. The number of carbonyl (C=O) groups excluding carboxylic acids is 1. The summed E-state index contributed by atoms with van der Waals surface area (Å²) in [6.07, 6.45) is 1.72. The highest BCUT2D eigenvalue weighted by Gasteiger charge is 2.18. The van der Waals surface area contributed by atoms with E-state index in [-0.39, 0.29) is 24.1 Å². The number of benzene rings is 2. The number of anilines is 1. The Hall–Kier alpha value is -3.87. The fourth-order valence-electron chi connectivity index (χ4n) is 3.95. The van der Waals surface area contributed by atoms with Gasteiger partial charge in [-0.05, 0) is 74.7 Å². The molecule has 0 spiro atoms. The molecule has 1 amide bonds. The summed E-state index contributed by atoms with van der Waals surface area (Å²) < 4.78 is 1.90. The number of amides is 1. The lowest BCUT2D eigenvalue weighted by molar-refractivity contribution is 0.0952. The molecule has 2 aromatic carbocycles. The van der Waals surface area contributed by atoms with Crippen molar-refractivity contribution in [2.75, 3.05) is 5.73 Å². The molecular formula is C25H27N5O2. The first-order chi connectivity index (χ1) is 15.2. The Balaban J connectivity index is 1.76. The van der Waals surface area contributed by atoms with Crippen LogP contribution in [0.1, 0.15) is 47.1 Å². The summed E-state index contributed by atoms with van der Waals surface area (Å²) >= 11 is 0. The molecule has 2 heterocycles. The third-order valence-corrected chi connectivity index (χ3v) is 5.61. The Bertz CT molecular complexity index is 1360. The number of nitrogens with two attached hydrogens (primary N) is 1. The summed E-state index contributed by atoms with van der Waals surface area (Å²) in [6, 6.07) is 13.5. The van der Waals surface area contributed by atoms with E-state index in [0.717, 1.165) is 33.3 Å². The first-order valence-corrected chi connectivity index (χ1v) is 10.6. The Labute approximate surface area is 186 Å². The first-order valence-electron chi connectivity index (χ1n) is 10.6. The second-order valence-corrected chi connectivity index (χ2v) is 8.39. The molecule has 7 heteroatoms. The Morgan fingerprint density at radius 1 is 1.12 bits per heavy atom. The van der Waals surface area contributed by atoms with E-state index < -0.39 is 0 Å². The molecule has 0 bridgehead atoms. The number of aromatic amines is 1. The molecule has 0 saturated carbocycles. The monoisotopic (exact) mass is 429 g/mol.